The van der Waals surface area contributed by atoms with E-state index in [2.05, 4.69) is 156 Å². The molecule has 0 saturated heterocycles. The van der Waals surface area contributed by atoms with Gasteiger partial charge in [0, 0.05) is 66.3 Å². The summed E-state index contributed by atoms with van der Waals surface area (Å²) >= 11 is 0. The molecule has 0 amide bonds. The van der Waals surface area contributed by atoms with Crippen LogP contribution in [0.1, 0.15) is 5.82 Å². The van der Waals surface area contributed by atoms with Gasteiger partial charge in [-0.05, 0) is 83.9 Å². The number of benzene rings is 9. The number of rotatable bonds is 11. The van der Waals surface area contributed by atoms with Crippen molar-refractivity contribution < 1.29 is 0 Å². The summed E-state index contributed by atoms with van der Waals surface area (Å²) in [6.45, 7) is 7.91. The minimum atomic E-state index is 0.533. The van der Waals surface area contributed by atoms with Crippen LogP contribution in [0.25, 0.3) is 129 Å². The van der Waals surface area contributed by atoms with E-state index in [1.165, 1.54) is 21.5 Å². The first-order valence-electron chi connectivity index (χ1n) is 24.5. The van der Waals surface area contributed by atoms with Gasteiger partial charge in [-0.15, -0.1) is 0 Å². The molecule has 348 valence electrons. The van der Waals surface area contributed by atoms with E-state index in [4.69, 9.17) is 29.9 Å². The molecule has 0 radical (unpaired) electrons. The first kappa shape index (κ1) is 43.8. The second-order valence-corrected chi connectivity index (χ2v) is 18.0. The highest BCUT2D eigenvalue weighted by molar-refractivity contribution is 6.12. The molecule has 4 heterocycles. The lowest BCUT2D eigenvalue weighted by Gasteiger charge is -2.12. The summed E-state index contributed by atoms with van der Waals surface area (Å²) in [5, 5.41) is 4.73. The Balaban J connectivity index is 0.894. The van der Waals surface area contributed by atoms with Crippen LogP contribution in [0.3, 0.4) is 0 Å². The Kier molecular flexibility index (Phi) is 11.0. The van der Waals surface area contributed by atoms with Crippen molar-refractivity contribution in [3.8, 4) is 79.4 Å². The largest absolute Gasteiger partial charge is 0.309 e. The lowest BCUT2D eigenvalue weighted by Crippen LogP contribution is -2.02. The summed E-state index contributed by atoms with van der Waals surface area (Å²) in [7, 11) is 0. The van der Waals surface area contributed by atoms with Gasteiger partial charge in [0.2, 0.25) is 0 Å². The second kappa shape index (κ2) is 18.5. The van der Waals surface area contributed by atoms with Gasteiger partial charge in [0.15, 0.2) is 34.9 Å². The van der Waals surface area contributed by atoms with E-state index in [9.17, 15) is 0 Å². The third kappa shape index (κ3) is 7.84. The average Bonchev–Trinajstić information content (AvgIpc) is 3.99. The second-order valence-electron chi connectivity index (χ2n) is 18.0. The summed E-state index contributed by atoms with van der Waals surface area (Å²) in [4.78, 5) is 29.6. The van der Waals surface area contributed by atoms with E-state index in [-0.39, 0.29) is 0 Å². The Labute approximate surface area is 427 Å². The summed E-state index contributed by atoms with van der Waals surface area (Å²) in [6, 6.07) is 78.0. The maximum atomic E-state index is 5.00. The molecule has 0 spiro atoms. The Morgan fingerprint density at radius 3 is 1.01 bits per heavy atom. The Morgan fingerprint density at radius 2 is 0.635 bits per heavy atom. The van der Waals surface area contributed by atoms with Crippen LogP contribution in [0.15, 0.2) is 256 Å². The van der Waals surface area contributed by atoms with Crippen LogP contribution in [0.4, 0.5) is 0 Å². The van der Waals surface area contributed by atoms with Gasteiger partial charge in [-0.1, -0.05) is 183 Å². The van der Waals surface area contributed by atoms with Crippen LogP contribution in [-0.2, 0) is 0 Å². The standard InChI is InChI=1S/C66H44N8/c1-3-18-43(4-2)61-67-62(44-19-8-5-9-20-44)70-65(68-61)47-29-35-51(36-30-47)73-57-27-16-14-25-53(57)55-39-33-49(41-59(55)73)50-34-40-56-54-26-15-17-28-58(54)74(60(56)42-50)52-37-31-48(32-38-52)66-71-63(45-21-10-6-11-22-45)69-64(72-66)46-23-12-7-13-24-46/h3-42H,1-2H2/b43-18+. The van der Waals surface area contributed by atoms with Gasteiger partial charge in [-0.2, -0.15) is 0 Å². The molecular weight excluding hydrogens is 905 g/mol. The minimum absolute atomic E-state index is 0.533. The number of fused-ring (bicyclic) bond motifs is 6. The Hall–Kier alpha value is -10.2. The van der Waals surface area contributed by atoms with Gasteiger partial charge in [0.25, 0.3) is 0 Å². The highest BCUT2D eigenvalue weighted by Crippen LogP contribution is 2.39. The Morgan fingerprint density at radius 1 is 0.311 bits per heavy atom. The van der Waals surface area contributed by atoms with Gasteiger partial charge in [-0.3, -0.25) is 0 Å². The fourth-order valence-electron chi connectivity index (χ4n) is 10.0. The van der Waals surface area contributed by atoms with Crippen LogP contribution >= 0.6 is 0 Å². The lowest BCUT2D eigenvalue weighted by molar-refractivity contribution is 1.04. The van der Waals surface area contributed by atoms with Crippen molar-refractivity contribution in [1.82, 2.24) is 39.0 Å². The normalized spacial score (nSPS) is 11.7. The fraction of sp³-hybridized carbons (Fsp3) is 0. The predicted octanol–water partition coefficient (Wildman–Crippen LogP) is 16.0. The van der Waals surface area contributed by atoms with Crippen molar-refractivity contribution in [2.24, 2.45) is 0 Å². The van der Waals surface area contributed by atoms with E-state index < -0.39 is 0 Å². The predicted molar refractivity (Wildman–Crippen MR) is 303 cm³/mol. The number of allylic oxidation sites excluding steroid dienone is 4. The van der Waals surface area contributed by atoms with E-state index in [1.54, 1.807) is 12.2 Å². The van der Waals surface area contributed by atoms with Crippen LogP contribution in [0.5, 0.6) is 0 Å². The molecule has 0 aliphatic heterocycles. The molecule has 0 fully saturated rings. The molecular formula is C66H44N8. The molecule has 9 aromatic carbocycles. The molecule has 0 unspecified atom stereocenters. The van der Waals surface area contributed by atoms with Gasteiger partial charge in [0.1, 0.15) is 0 Å². The summed E-state index contributed by atoms with van der Waals surface area (Å²) in [6.07, 6.45) is 5.32. The first-order chi connectivity index (χ1) is 36.6. The molecule has 74 heavy (non-hydrogen) atoms. The number of nitrogens with zero attached hydrogens (tertiary/aromatic N) is 8. The van der Waals surface area contributed by atoms with Crippen LogP contribution < -0.4 is 0 Å². The SMILES string of the molecule is C=C/C=C(\C=C)c1nc(-c2ccccc2)nc(-c2ccc(-n3c4ccccc4c4ccc(-c5ccc6c7ccccc7n(-c7ccc(-c8nc(-c9ccccc9)nc(-c9ccccc9)n8)cc7)c6c5)cc43)cc2)n1. The molecule has 13 rings (SSSR count). The molecule has 0 aliphatic carbocycles. The molecule has 8 nitrogen and oxygen atoms in total. The van der Waals surface area contributed by atoms with Gasteiger partial charge >= 0.3 is 0 Å². The van der Waals surface area contributed by atoms with Crippen molar-refractivity contribution in [2.45, 2.75) is 0 Å². The van der Waals surface area contributed by atoms with Crippen LogP contribution in [-0.4, -0.2) is 39.0 Å². The van der Waals surface area contributed by atoms with Gasteiger partial charge in [-0.25, -0.2) is 29.9 Å². The highest BCUT2D eigenvalue weighted by Gasteiger charge is 2.19. The zero-order valence-corrected chi connectivity index (χ0v) is 40.1. The van der Waals surface area contributed by atoms with E-state index in [0.717, 1.165) is 78.0 Å². The van der Waals surface area contributed by atoms with Crippen molar-refractivity contribution in [1.29, 1.82) is 0 Å². The van der Waals surface area contributed by atoms with Gasteiger partial charge in [0.05, 0.1) is 22.1 Å². The molecule has 0 saturated carbocycles. The summed E-state index contributed by atoms with van der Waals surface area (Å²) in [5.41, 5.74) is 14.1. The topological polar surface area (TPSA) is 87.2 Å². The molecule has 0 atom stereocenters. The third-order valence-corrected chi connectivity index (χ3v) is 13.6. The zero-order valence-electron chi connectivity index (χ0n) is 40.1. The maximum absolute atomic E-state index is 5.00. The number of hydrogen-bond acceptors (Lipinski definition) is 6. The van der Waals surface area contributed by atoms with Crippen LogP contribution in [0, 0.1) is 0 Å². The van der Waals surface area contributed by atoms with Crippen LogP contribution in [0.2, 0.25) is 0 Å². The lowest BCUT2D eigenvalue weighted by atomic mass is 10.0. The first-order valence-corrected chi connectivity index (χ1v) is 24.5. The third-order valence-electron chi connectivity index (χ3n) is 13.6. The van der Waals surface area contributed by atoms with Gasteiger partial charge < -0.3 is 9.13 Å². The van der Waals surface area contributed by atoms with Crippen molar-refractivity contribution in [3.63, 3.8) is 0 Å². The average molecular weight is 949 g/mol. The molecule has 0 N–H and O–H groups in total. The molecule has 0 aliphatic rings. The van der Waals surface area contributed by atoms with E-state index >= 15 is 0 Å². The summed E-state index contributed by atoms with van der Waals surface area (Å²) in [5.74, 6) is 3.58. The number of para-hydroxylation sites is 2. The number of hydrogen-bond donors (Lipinski definition) is 0. The molecule has 8 heteroatoms. The molecule has 13 aromatic rings. The number of aromatic nitrogens is 8. The maximum Gasteiger partial charge on any atom is 0.164 e. The highest BCUT2D eigenvalue weighted by atomic mass is 15.0. The van der Waals surface area contributed by atoms with Crippen molar-refractivity contribution in [3.05, 3.63) is 262 Å². The van der Waals surface area contributed by atoms with Crippen molar-refractivity contribution in [2.75, 3.05) is 0 Å². The Bertz CT molecular complexity index is 4250. The van der Waals surface area contributed by atoms with Crippen molar-refractivity contribution >= 4 is 49.2 Å². The smallest absolute Gasteiger partial charge is 0.164 e. The molecule has 0 bridgehead atoms. The quantitative estimate of drug-likeness (QED) is 0.120. The fourth-order valence-corrected chi connectivity index (χ4v) is 10.0. The monoisotopic (exact) mass is 948 g/mol. The summed E-state index contributed by atoms with van der Waals surface area (Å²) < 4.78 is 4.71. The van der Waals surface area contributed by atoms with E-state index in [1.807, 2.05) is 97.1 Å². The molecule has 4 aromatic heterocycles. The zero-order chi connectivity index (χ0) is 49.5. The minimum Gasteiger partial charge on any atom is -0.309 e. The van der Waals surface area contributed by atoms with E-state index in [0.29, 0.717) is 34.9 Å².